The summed E-state index contributed by atoms with van der Waals surface area (Å²) in [4.78, 5) is 34.4. The average Bonchev–Trinajstić information content (AvgIpc) is 3.03. The summed E-state index contributed by atoms with van der Waals surface area (Å²) < 4.78 is 42.3. The number of fused-ring (bicyclic) bond motifs is 1. The maximum absolute atomic E-state index is 13.7. The van der Waals surface area contributed by atoms with Crippen molar-refractivity contribution in [3.05, 3.63) is 58.6 Å². The van der Waals surface area contributed by atoms with Gasteiger partial charge in [0.2, 0.25) is 0 Å². The molecule has 0 spiro atoms. The third-order valence-electron chi connectivity index (χ3n) is 6.73. The van der Waals surface area contributed by atoms with Crippen LogP contribution >= 0.6 is 11.6 Å². The first-order valence-corrected chi connectivity index (χ1v) is 12.7. The quantitative estimate of drug-likeness (QED) is 0.607. The zero-order valence-corrected chi connectivity index (χ0v) is 21.7. The molecular weight excluding hydrogens is 525 g/mol. The Morgan fingerprint density at radius 3 is 2.47 bits per heavy atom. The van der Waals surface area contributed by atoms with Crippen LogP contribution in [0.3, 0.4) is 0 Å². The molecule has 0 bridgehead atoms. The molecule has 0 unspecified atom stereocenters. The molecule has 206 valence electrons. The molecule has 3 amide bonds. The van der Waals surface area contributed by atoms with Crippen LogP contribution in [0.4, 0.5) is 23.7 Å². The van der Waals surface area contributed by atoms with Gasteiger partial charge >= 0.3 is 12.2 Å². The van der Waals surface area contributed by atoms with Crippen molar-refractivity contribution in [1.29, 1.82) is 0 Å². The molecule has 2 aliphatic rings. The van der Waals surface area contributed by atoms with Crippen molar-refractivity contribution >= 4 is 29.2 Å². The van der Waals surface area contributed by atoms with Gasteiger partial charge in [-0.05, 0) is 36.8 Å². The minimum absolute atomic E-state index is 0.0299. The van der Waals surface area contributed by atoms with Gasteiger partial charge in [-0.2, -0.15) is 13.2 Å². The van der Waals surface area contributed by atoms with Gasteiger partial charge < -0.3 is 24.5 Å². The van der Waals surface area contributed by atoms with Crippen LogP contribution < -0.4 is 9.64 Å². The van der Waals surface area contributed by atoms with Gasteiger partial charge in [0, 0.05) is 57.5 Å². The molecular formula is C26H30ClF3N4O4. The number of aliphatic hydroxyl groups is 1. The second-order valence-electron chi connectivity index (χ2n) is 9.40. The predicted octanol–water partition coefficient (Wildman–Crippen LogP) is 3.86. The van der Waals surface area contributed by atoms with Crippen molar-refractivity contribution in [2.45, 2.75) is 25.7 Å². The van der Waals surface area contributed by atoms with Crippen molar-refractivity contribution in [1.82, 2.24) is 14.7 Å². The number of urea groups is 1. The van der Waals surface area contributed by atoms with Gasteiger partial charge in [-0.25, -0.2) is 4.79 Å². The minimum atomic E-state index is -4.50. The lowest BCUT2D eigenvalue weighted by atomic mass is 10.1. The monoisotopic (exact) mass is 554 g/mol. The third kappa shape index (κ3) is 6.51. The molecule has 38 heavy (non-hydrogen) atoms. The van der Waals surface area contributed by atoms with Crippen LogP contribution in [-0.2, 0) is 6.54 Å². The topological polar surface area (TPSA) is 76.6 Å². The fraction of sp³-hybridized carbons (Fsp3) is 0.462. The predicted molar refractivity (Wildman–Crippen MR) is 137 cm³/mol. The summed E-state index contributed by atoms with van der Waals surface area (Å²) in [5.41, 5.74) is 1.55. The molecule has 0 aromatic heterocycles. The smallest absolute Gasteiger partial charge is 0.422 e. The largest absolute Gasteiger partial charge is 0.484 e. The van der Waals surface area contributed by atoms with E-state index in [0.717, 1.165) is 5.56 Å². The van der Waals surface area contributed by atoms with E-state index in [1.165, 1.54) is 18.2 Å². The molecule has 1 fully saturated rings. The molecule has 12 heteroatoms. The van der Waals surface area contributed by atoms with Crippen molar-refractivity contribution < 1.29 is 32.6 Å². The SMILES string of the molecule is C[C@@H]1CN(C(=O)c2ccc(OCC(F)(F)F)cc2Cl)c2ccccc2CN1C(=O)N1CCN(CCO)CC1. The summed E-state index contributed by atoms with van der Waals surface area (Å²) in [5.74, 6) is -0.520. The lowest BCUT2D eigenvalue weighted by Gasteiger charge is -2.39. The van der Waals surface area contributed by atoms with Gasteiger partial charge in [0.1, 0.15) is 5.75 Å². The molecule has 0 saturated carbocycles. The van der Waals surface area contributed by atoms with Gasteiger partial charge in [0.05, 0.1) is 17.2 Å². The summed E-state index contributed by atoms with van der Waals surface area (Å²) in [5, 5.41) is 9.14. The summed E-state index contributed by atoms with van der Waals surface area (Å²) in [7, 11) is 0. The Hall–Kier alpha value is -3.02. The van der Waals surface area contributed by atoms with Crippen molar-refractivity contribution in [2.24, 2.45) is 0 Å². The van der Waals surface area contributed by atoms with Crippen LogP contribution in [0.15, 0.2) is 42.5 Å². The van der Waals surface area contributed by atoms with Crippen LogP contribution in [0.25, 0.3) is 0 Å². The van der Waals surface area contributed by atoms with E-state index in [2.05, 4.69) is 4.90 Å². The molecule has 1 saturated heterocycles. The lowest BCUT2D eigenvalue weighted by molar-refractivity contribution is -0.153. The minimum Gasteiger partial charge on any atom is -0.484 e. The number of anilines is 1. The molecule has 8 nitrogen and oxygen atoms in total. The average molecular weight is 555 g/mol. The number of amides is 3. The first-order chi connectivity index (χ1) is 18.1. The second-order valence-corrected chi connectivity index (χ2v) is 9.81. The highest BCUT2D eigenvalue weighted by Crippen LogP contribution is 2.32. The number of para-hydroxylation sites is 1. The van der Waals surface area contributed by atoms with E-state index < -0.39 is 18.7 Å². The Bertz CT molecular complexity index is 1160. The van der Waals surface area contributed by atoms with Crippen LogP contribution in [0, 0.1) is 0 Å². The van der Waals surface area contributed by atoms with Crippen LogP contribution in [0.5, 0.6) is 5.75 Å². The van der Waals surface area contributed by atoms with E-state index in [0.29, 0.717) is 45.0 Å². The molecule has 0 aliphatic carbocycles. The highest BCUT2D eigenvalue weighted by molar-refractivity contribution is 6.34. The number of β-amino-alcohol motifs (C(OH)–C–C–N with tert-alkyl or cyclic N) is 1. The van der Waals surface area contributed by atoms with E-state index in [1.54, 1.807) is 26.8 Å². The molecule has 2 aliphatic heterocycles. The number of ether oxygens (including phenoxy) is 1. The Kier molecular flexibility index (Phi) is 8.69. The number of rotatable bonds is 5. The number of aliphatic hydroxyl groups excluding tert-OH is 1. The molecule has 1 atom stereocenters. The highest BCUT2D eigenvalue weighted by Gasteiger charge is 2.35. The van der Waals surface area contributed by atoms with Gasteiger partial charge in [0.15, 0.2) is 6.61 Å². The van der Waals surface area contributed by atoms with E-state index in [-0.39, 0.29) is 41.6 Å². The standard InChI is InChI=1S/C26H30ClF3N4O4/c1-18-15-34(24(36)21-7-6-20(14-22(21)27)38-17-26(28,29)30)23-5-3-2-4-19(23)16-33(18)25(37)32-10-8-31(9-11-32)12-13-35/h2-7,14,18,35H,8-13,15-17H2,1H3/t18-/m1/s1. The first kappa shape index (κ1) is 28.0. The normalized spacial score (nSPS) is 18.7. The number of hydrogen-bond acceptors (Lipinski definition) is 5. The number of nitrogens with zero attached hydrogens (tertiary/aromatic N) is 4. The summed E-state index contributed by atoms with van der Waals surface area (Å²) >= 11 is 6.31. The van der Waals surface area contributed by atoms with Crippen LogP contribution in [-0.4, -0.2) is 96.4 Å². The summed E-state index contributed by atoms with van der Waals surface area (Å²) in [6.45, 7) is 4.03. The summed E-state index contributed by atoms with van der Waals surface area (Å²) in [6, 6.07) is 10.7. The zero-order valence-electron chi connectivity index (χ0n) is 21.0. The Labute approximate surface area is 224 Å². The van der Waals surface area contributed by atoms with Gasteiger partial charge in [-0.15, -0.1) is 0 Å². The first-order valence-electron chi connectivity index (χ1n) is 12.3. The number of hydrogen-bond donors (Lipinski definition) is 1. The molecule has 2 aromatic rings. The molecule has 2 aromatic carbocycles. The highest BCUT2D eigenvalue weighted by atomic mass is 35.5. The maximum Gasteiger partial charge on any atom is 0.422 e. The van der Waals surface area contributed by atoms with Gasteiger partial charge in [0.25, 0.3) is 5.91 Å². The number of benzene rings is 2. The maximum atomic E-state index is 13.7. The molecule has 1 N–H and O–H groups in total. The Morgan fingerprint density at radius 2 is 1.82 bits per heavy atom. The van der Waals surface area contributed by atoms with E-state index in [1.807, 2.05) is 19.1 Å². The van der Waals surface area contributed by atoms with Crippen molar-refractivity contribution in [3.63, 3.8) is 0 Å². The fourth-order valence-electron chi connectivity index (χ4n) is 4.71. The van der Waals surface area contributed by atoms with E-state index >= 15 is 0 Å². The summed E-state index contributed by atoms with van der Waals surface area (Å²) in [6.07, 6.45) is -4.50. The Balaban J connectivity index is 1.54. The van der Waals surface area contributed by atoms with E-state index in [9.17, 15) is 27.9 Å². The molecule has 2 heterocycles. The lowest BCUT2D eigenvalue weighted by Crippen LogP contribution is -2.55. The van der Waals surface area contributed by atoms with Gasteiger partial charge in [-0.1, -0.05) is 29.8 Å². The number of alkyl halides is 3. The fourth-order valence-corrected chi connectivity index (χ4v) is 4.96. The number of piperazine rings is 1. The number of carbonyl (C=O) groups excluding carboxylic acids is 2. The van der Waals surface area contributed by atoms with Crippen molar-refractivity contribution in [2.75, 3.05) is 57.4 Å². The number of carbonyl (C=O) groups is 2. The van der Waals surface area contributed by atoms with E-state index in [4.69, 9.17) is 16.3 Å². The molecule has 0 radical (unpaired) electrons. The van der Waals surface area contributed by atoms with Crippen LogP contribution in [0.2, 0.25) is 5.02 Å². The second kappa shape index (κ2) is 11.8. The number of halogens is 4. The Morgan fingerprint density at radius 1 is 1.11 bits per heavy atom. The zero-order chi connectivity index (χ0) is 27.4. The third-order valence-corrected chi connectivity index (χ3v) is 7.04. The van der Waals surface area contributed by atoms with Crippen molar-refractivity contribution in [3.8, 4) is 5.75 Å². The molecule has 4 rings (SSSR count). The van der Waals surface area contributed by atoms with Crippen LogP contribution in [0.1, 0.15) is 22.8 Å². The van der Waals surface area contributed by atoms with Gasteiger partial charge in [-0.3, -0.25) is 9.69 Å².